The van der Waals surface area contributed by atoms with Crippen LogP contribution in [0, 0.1) is 18.7 Å². The maximum absolute atomic E-state index is 14.0. The molecule has 0 spiro atoms. The smallest absolute Gasteiger partial charge is 0.258 e. The third-order valence-corrected chi connectivity index (χ3v) is 6.36. The maximum Gasteiger partial charge on any atom is 0.258 e. The summed E-state index contributed by atoms with van der Waals surface area (Å²) in [6.07, 6.45) is 0.981. The fourth-order valence-corrected chi connectivity index (χ4v) is 4.39. The molecule has 2 heterocycles. The Morgan fingerprint density at radius 1 is 1.09 bits per heavy atom. The van der Waals surface area contributed by atoms with Crippen LogP contribution in [0.25, 0.3) is 0 Å². The third kappa shape index (κ3) is 5.76. The fraction of sp³-hybridized carbons (Fsp3) is 0.440. The van der Waals surface area contributed by atoms with Crippen molar-refractivity contribution in [1.82, 2.24) is 10.2 Å². The van der Waals surface area contributed by atoms with E-state index in [1.165, 1.54) is 18.2 Å². The quantitative estimate of drug-likeness (QED) is 0.671. The number of ether oxygens (including phenoxy) is 2. The average Bonchev–Trinajstić information content (AvgIpc) is 3.36. The Hall–Kier alpha value is -2.81. The first-order valence-corrected chi connectivity index (χ1v) is 11.4. The lowest BCUT2D eigenvalue weighted by Gasteiger charge is -2.37. The van der Waals surface area contributed by atoms with E-state index in [4.69, 9.17) is 9.47 Å². The number of carbonyl (C=O) groups is 2. The van der Waals surface area contributed by atoms with Crippen molar-refractivity contribution in [3.05, 3.63) is 65.0 Å². The van der Waals surface area contributed by atoms with E-state index in [0.717, 1.165) is 31.7 Å². The highest BCUT2D eigenvalue weighted by Gasteiger charge is 2.31. The van der Waals surface area contributed by atoms with Crippen LogP contribution in [0.2, 0.25) is 0 Å². The van der Waals surface area contributed by atoms with Crippen LogP contribution in [0.5, 0.6) is 0 Å². The Morgan fingerprint density at radius 3 is 2.61 bits per heavy atom. The first kappa shape index (κ1) is 23.4. The summed E-state index contributed by atoms with van der Waals surface area (Å²) < 4.78 is 25.0. The Morgan fingerprint density at radius 2 is 1.88 bits per heavy atom. The molecule has 2 unspecified atom stereocenters. The lowest BCUT2D eigenvalue weighted by atomic mass is 9.96. The molecule has 8 heteroatoms. The van der Waals surface area contributed by atoms with Crippen LogP contribution in [0.3, 0.4) is 0 Å². The molecule has 0 radical (unpaired) electrons. The predicted molar refractivity (Wildman–Crippen MR) is 123 cm³/mol. The number of hydrogen-bond donors (Lipinski definition) is 2. The van der Waals surface area contributed by atoms with Gasteiger partial charge in [0.25, 0.3) is 11.8 Å². The minimum absolute atomic E-state index is 0.0427. The monoisotopic (exact) mass is 455 g/mol. The van der Waals surface area contributed by atoms with Gasteiger partial charge in [-0.15, -0.1) is 0 Å². The summed E-state index contributed by atoms with van der Waals surface area (Å²) in [6.45, 7) is 6.87. The van der Waals surface area contributed by atoms with Gasteiger partial charge in [-0.05, 0) is 43.2 Å². The zero-order valence-corrected chi connectivity index (χ0v) is 18.8. The third-order valence-electron chi connectivity index (χ3n) is 6.36. The van der Waals surface area contributed by atoms with Gasteiger partial charge in [0, 0.05) is 49.5 Å². The van der Waals surface area contributed by atoms with Crippen molar-refractivity contribution in [1.29, 1.82) is 0 Å². The molecular formula is C25H30FN3O4. The van der Waals surface area contributed by atoms with Gasteiger partial charge >= 0.3 is 0 Å². The zero-order valence-electron chi connectivity index (χ0n) is 18.8. The van der Waals surface area contributed by atoms with Crippen LogP contribution in [0.15, 0.2) is 42.5 Å². The summed E-state index contributed by atoms with van der Waals surface area (Å²) in [7, 11) is 0. The summed E-state index contributed by atoms with van der Waals surface area (Å²) in [5, 5.41) is 5.79. The number of rotatable bonds is 7. The van der Waals surface area contributed by atoms with E-state index >= 15 is 0 Å². The van der Waals surface area contributed by atoms with E-state index in [-0.39, 0.29) is 17.5 Å². The predicted octanol–water partition coefficient (Wildman–Crippen LogP) is 2.85. The highest BCUT2D eigenvalue weighted by Crippen LogP contribution is 2.23. The van der Waals surface area contributed by atoms with E-state index in [1.54, 1.807) is 24.3 Å². The van der Waals surface area contributed by atoms with Gasteiger partial charge < -0.3 is 20.1 Å². The van der Waals surface area contributed by atoms with Crippen molar-refractivity contribution < 1.29 is 23.5 Å². The molecule has 7 nitrogen and oxygen atoms in total. The van der Waals surface area contributed by atoms with E-state index < -0.39 is 11.7 Å². The van der Waals surface area contributed by atoms with Crippen LogP contribution in [0.4, 0.5) is 10.1 Å². The van der Waals surface area contributed by atoms with E-state index in [1.807, 2.05) is 6.92 Å². The topological polar surface area (TPSA) is 79.9 Å². The number of nitrogens with zero attached hydrogens (tertiary/aromatic N) is 1. The summed E-state index contributed by atoms with van der Waals surface area (Å²) in [5.41, 5.74) is 1.65. The van der Waals surface area contributed by atoms with Gasteiger partial charge in [-0.3, -0.25) is 14.5 Å². The second kappa shape index (κ2) is 10.9. The second-order valence-corrected chi connectivity index (χ2v) is 8.51. The van der Waals surface area contributed by atoms with Crippen molar-refractivity contribution in [2.75, 3.05) is 51.4 Å². The molecule has 2 saturated heterocycles. The first-order valence-electron chi connectivity index (χ1n) is 11.4. The minimum atomic E-state index is -0.591. The molecule has 0 aliphatic carbocycles. The molecular weight excluding hydrogens is 425 g/mol. The van der Waals surface area contributed by atoms with Crippen LogP contribution in [-0.2, 0) is 9.47 Å². The van der Waals surface area contributed by atoms with Gasteiger partial charge in [0.1, 0.15) is 5.82 Å². The van der Waals surface area contributed by atoms with Gasteiger partial charge in [-0.2, -0.15) is 0 Å². The summed E-state index contributed by atoms with van der Waals surface area (Å²) in [5.74, 6) is -0.987. The SMILES string of the molecule is Cc1ccc(C(=O)NCC(C2CCOC2)N2CCOCC2)cc1NC(=O)c1ccccc1F. The number of anilines is 1. The molecule has 4 rings (SSSR count). The van der Waals surface area contributed by atoms with Crippen molar-refractivity contribution in [2.45, 2.75) is 19.4 Å². The molecule has 2 N–H and O–H groups in total. The molecule has 0 bridgehead atoms. The number of carbonyl (C=O) groups excluding carboxylic acids is 2. The van der Waals surface area contributed by atoms with Crippen molar-refractivity contribution in [2.24, 2.45) is 5.92 Å². The normalized spacial score (nSPS) is 19.8. The van der Waals surface area contributed by atoms with Gasteiger partial charge in [-0.25, -0.2) is 4.39 Å². The Kier molecular flexibility index (Phi) is 7.69. The van der Waals surface area contributed by atoms with Crippen LogP contribution < -0.4 is 10.6 Å². The number of aryl methyl sites for hydroxylation is 1. The largest absolute Gasteiger partial charge is 0.381 e. The summed E-state index contributed by atoms with van der Waals surface area (Å²) >= 11 is 0. The van der Waals surface area contributed by atoms with E-state index in [2.05, 4.69) is 15.5 Å². The van der Waals surface area contributed by atoms with Crippen molar-refractivity contribution in [3.63, 3.8) is 0 Å². The second-order valence-electron chi connectivity index (χ2n) is 8.51. The van der Waals surface area contributed by atoms with Gasteiger partial charge in [0.15, 0.2) is 0 Å². The van der Waals surface area contributed by atoms with Crippen LogP contribution in [-0.4, -0.2) is 68.8 Å². The number of benzene rings is 2. The standard InChI is InChI=1S/C25H30FN3O4/c1-17-6-7-18(14-22(17)28-25(31)20-4-2-3-5-21(20)26)24(30)27-15-23(19-8-11-33-16-19)29-9-12-32-13-10-29/h2-7,14,19,23H,8-13,15-16H2,1H3,(H,27,30)(H,28,31). The number of morpholine rings is 1. The van der Waals surface area contributed by atoms with E-state index in [0.29, 0.717) is 43.5 Å². The average molecular weight is 456 g/mol. The minimum Gasteiger partial charge on any atom is -0.381 e. The summed E-state index contributed by atoms with van der Waals surface area (Å²) in [4.78, 5) is 27.9. The molecule has 2 aromatic carbocycles. The fourth-order valence-electron chi connectivity index (χ4n) is 4.39. The maximum atomic E-state index is 14.0. The molecule has 2 aliphatic rings. The lowest BCUT2D eigenvalue weighted by Crippen LogP contribution is -2.52. The van der Waals surface area contributed by atoms with Crippen LogP contribution in [0.1, 0.15) is 32.7 Å². The Balaban J connectivity index is 1.43. The van der Waals surface area contributed by atoms with Gasteiger partial charge in [-0.1, -0.05) is 18.2 Å². The van der Waals surface area contributed by atoms with Crippen molar-refractivity contribution in [3.8, 4) is 0 Å². The number of nitrogens with one attached hydrogen (secondary N) is 2. The Bertz CT molecular complexity index is 987. The van der Waals surface area contributed by atoms with Crippen molar-refractivity contribution >= 4 is 17.5 Å². The molecule has 33 heavy (non-hydrogen) atoms. The molecule has 2 aromatic rings. The molecule has 2 fully saturated rings. The molecule has 2 aliphatic heterocycles. The summed E-state index contributed by atoms with van der Waals surface area (Å²) in [6, 6.07) is 11.1. The highest BCUT2D eigenvalue weighted by atomic mass is 19.1. The van der Waals surface area contributed by atoms with Gasteiger partial charge in [0.05, 0.1) is 25.4 Å². The van der Waals surface area contributed by atoms with Gasteiger partial charge in [0.2, 0.25) is 0 Å². The molecule has 2 atom stereocenters. The molecule has 176 valence electrons. The zero-order chi connectivity index (χ0) is 23.2. The molecule has 2 amide bonds. The number of halogens is 1. The first-order chi connectivity index (χ1) is 16.0. The van der Waals surface area contributed by atoms with E-state index in [9.17, 15) is 14.0 Å². The molecule has 0 saturated carbocycles. The van der Waals surface area contributed by atoms with Crippen LogP contribution >= 0.6 is 0 Å². The number of hydrogen-bond acceptors (Lipinski definition) is 5. The lowest BCUT2D eigenvalue weighted by molar-refractivity contribution is 0.00166. The highest BCUT2D eigenvalue weighted by molar-refractivity contribution is 6.05. The Labute approximate surface area is 193 Å². The number of amides is 2. The molecule has 0 aromatic heterocycles.